The lowest BCUT2D eigenvalue weighted by atomic mass is 10.0. The molecule has 0 aromatic heterocycles. The molecule has 19 heteroatoms. The molecular formula is C73H138O17P2. The van der Waals surface area contributed by atoms with Crippen LogP contribution < -0.4 is 0 Å². The summed E-state index contributed by atoms with van der Waals surface area (Å²) < 4.78 is 68.3. The molecule has 0 saturated heterocycles. The van der Waals surface area contributed by atoms with Gasteiger partial charge in [-0.1, -0.05) is 291 Å². The lowest BCUT2D eigenvalue weighted by Crippen LogP contribution is -2.30. The van der Waals surface area contributed by atoms with E-state index in [4.69, 9.17) is 37.0 Å². The van der Waals surface area contributed by atoms with Gasteiger partial charge in [0.1, 0.15) is 19.3 Å². The number of hydrogen-bond acceptors (Lipinski definition) is 15. The Balaban J connectivity index is 5.24. The molecule has 0 bridgehead atoms. The maximum Gasteiger partial charge on any atom is 0.472 e. The normalized spacial score (nSPS) is 14.3. The number of phosphoric acid groups is 2. The van der Waals surface area contributed by atoms with Gasteiger partial charge in [0.05, 0.1) is 26.4 Å². The summed E-state index contributed by atoms with van der Waals surface area (Å²) in [6.07, 6.45) is 51.1. The van der Waals surface area contributed by atoms with Crippen LogP contribution in [0.5, 0.6) is 0 Å². The van der Waals surface area contributed by atoms with Gasteiger partial charge in [0.15, 0.2) is 12.2 Å². The van der Waals surface area contributed by atoms with Crippen molar-refractivity contribution in [3.63, 3.8) is 0 Å². The Morgan fingerprint density at radius 3 is 0.880 bits per heavy atom. The third kappa shape index (κ3) is 66.2. The third-order valence-corrected chi connectivity index (χ3v) is 18.2. The van der Waals surface area contributed by atoms with Crippen molar-refractivity contribution in [1.82, 2.24) is 0 Å². The smallest absolute Gasteiger partial charge is 0.462 e. The molecule has 542 valence electrons. The van der Waals surface area contributed by atoms with Crippen molar-refractivity contribution in [2.24, 2.45) is 17.8 Å². The number of phosphoric ester groups is 2. The molecule has 0 radical (unpaired) electrons. The maximum absolute atomic E-state index is 13.0. The van der Waals surface area contributed by atoms with Gasteiger partial charge in [-0.3, -0.25) is 37.3 Å². The first-order valence-electron chi connectivity index (χ1n) is 37.2. The maximum atomic E-state index is 13.0. The van der Waals surface area contributed by atoms with E-state index in [0.717, 1.165) is 121 Å². The Labute approximate surface area is 561 Å². The van der Waals surface area contributed by atoms with E-state index in [2.05, 4.69) is 72.8 Å². The van der Waals surface area contributed by atoms with Crippen LogP contribution in [0.4, 0.5) is 0 Å². The molecule has 0 aromatic carbocycles. The molecule has 0 rings (SSSR count). The minimum Gasteiger partial charge on any atom is -0.462 e. The van der Waals surface area contributed by atoms with E-state index in [-0.39, 0.29) is 25.7 Å². The lowest BCUT2D eigenvalue weighted by Gasteiger charge is -2.21. The number of allylic oxidation sites excluding steroid dienone is 4. The highest BCUT2D eigenvalue weighted by molar-refractivity contribution is 7.47. The lowest BCUT2D eigenvalue weighted by molar-refractivity contribution is -0.161. The van der Waals surface area contributed by atoms with Crippen molar-refractivity contribution < 1.29 is 80.2 Å². The first-order chi connectivity index (χ1) is 44.2. The zero-order chi connectivity index (χ0) is 68.0. The van der Waals surface area contributed by atoms with Crippen LogP contribution in [-0.2, 0) is 65.4 Å². The van der Waals surface area contributed by atoms with Crippen LogP contribution in [0.3, 0.4) is 0 Å². The molecule has 0 aliphatic carbocycles. The second-order valence-electron chi connectivity index (χ2n) is 27.1. The number of ether oxygens (including phenoxy) is 4. The Hall–Kier alpha value is -2.46. The number of unbranched alkanes of at least 4 members (excludes halogenated alkanes) is 34. The van der Waals surface area contributed by atoms with E-state index in [1.807, 2.05) is 0 Å². The van der Waals surface area contributed by atoms with Crippen LogP contribution in [0.25, 0.3) is 0 Å². The van der Waals surface area contributed by atoms with Crippen molar-refractivity contribution in [1.29, 1.82) is 0 Å². The van der Waals surface area contributed by atoms with E-state index in [9.17, 15) is 43.2 Å². The van der Waals surface area contributed by atoms with E-state index < -0.39 is 97.5 Å². The number of carbonyl (C=O) groups is 4. The SMILES string of the molecule is CCCCCC/C=C\C=C/CCCCCCCC(=O)O[C@H](COC(=O)CCCCCCCCC(C)C)COP(=O)(O)OC[C@H](O)COP(=O)(O)OC[C@@H](COC(=O)CCCCCCCCCC(C)C)OC(=O)CCCCCCCCCCCCCCCCCC(C)C. The molecule has 3 N–H and O–H groups in total. The first kappa shape index (κ1) is 89.5. The molecule has 0 fully saturated rings. The minimum absolute atomic E-state index is 0.0835. The van der Waals surface area contributed by atoms with E-state index in [1.54, 1.807) is 0 Å². The summed E-state index contributed by atoms with van der Waals surface area (Å²) in [6, 6.07) is 0. The monoisotopic (exact) mass is 1350 g/mol. The van der Waals surface area contributed by atoms with Crippen molar-refractivity contribution in [2.45, 2.75) is 362 Å². The molecule has 0 aromatic rings. The molecule has 0 aliphatic heterocycles. The van der Waals surface area contributed by atoms with Crippen LogP contribution in [-0.4, -0.2) is 96.7 Å². The molecule has 0 spiro atoms. The molecule has 5 atom stereocenters. The van der Waals surface area contributed by atoms with Crippen LogP contribution in [0.2, 0.25) is 0 Å². The predicted octanol–water partition coefficient (Wildman–Crippen LogP) is 20.6. The standard InChI is InChI=1S/C73H138O17P2/c1-8-9-10-11-12-13-14-15-17-21-24-27-32-42-49-57-73(78)90-69(61-84-71(76)55-48-41-36-35-39-46-53-66(6)7)63-88-92(81,82)86-59-67(74)58-85-91(79,80)87-62-68(60-83-70(75)54-47-40-34-29-31-38-45-52-65(4)5)89-72(77)56-50-43-33-28-25-22-19-16-18-20-23-26-30-37-44-51-64(2)3/h13-15,17,64-69,74H,8-12,16,18-63H2,1-7H3,(H,79,80)(H,81,82)/b14-13-,17-15-/t67-,68-,69-/m1/s1. The zero-order valence-electron chi connectivity index (χ0n) is 59.5. The summed E-state index contributed by atoms with van der Waals surface area (Å²) >= 11 is 0. The fraction of sp³-hybridized carbons (Fsp3) is 0.890. The van der Waals surface area contributed by atoms with Crippen molar-refractivity contribution >= 4 is 39.5 Å². The number of aliphatic hydroxyl groups is 1. The van der Waals surface area contributed by atoms with Gasteiger partial charge in [0, 0.05) is 25.7 Å². The van der Waals surface area contributed by atoms with Crippen molar-refractivity contribution in [3.05, 3.63) is 24.3 Å². The van der Waals surface area contributed by atoms with Crippen LogP contribution in [0.1, 0.15) is 344 Å². The van der Waals surface area contributed by atoms with Gasteiger partial charge in [0.2, 0.25) is 0 Å². The molecule has 17 nitrogen and oxygen atoms in total. The first-order valence-corrected chi connectivity index (χ1v) is 40.2. The summed E-state index contributed by atoms with van der Waals surface area (Å²) in [5.74, 6) is 0.0241. The molecule has 0 heterocycles. The Kier molecular flexibility index (Phi) is 61.6. The molecule has 0 amide bonds. The van der Waals surface area contributed by atoms with Gasteiger partial charge in [-0.15, -0.1) is 0 Å². The van der Waals surface area contributed by atoms with Crippen LogP contribution in [0.15, 0.2) is 24.3 Å². The van der Waals surface area contributed by atoms with Gasteiger partial charge >= 0.3 is 39.5 Å². The average molecular weight is 1350 g/mol. The van der Waals surface area contributed by atoms with E-state index >= 15 is 0 Å². The number of rotatable bonds is 69. The third-order valence-electron chi connectivity index (χ3n) is 16.3. The second kappa shape index (κ2) is 63.3. The minimum atomic E-state index is -4.96. The van der Waals surface area contributed by atoms with Crippen molar-refractivity contribution in [2.75, 3.05) is 39.6 Å². The Morgan fingerprint density at radius 2 is 0.587 bits per heavy atom. The highest BCUT2D eigenvalue weighted by Gasteiger charge is 2.30. The summed E-state index contributed by atoms with van der Waals surface area (Å²) in [6.45, 7) is 11.7. The van der Waals surface area contributed by atoms with Gasteiger partial charge in [-0.2, -0.15) is 0 Å². The summed E-state index contributed by atoms with van der Waals surface area (Å²) in [5.41, 5.74) is 0. The molecule has 92 heavy (non-hydrogen) atoms. The van der Waals surface area contributed by atoms with Gasteiger partial charge < -0.3 is 33.8 Å². The zero-order valence-corrected chi connectivity index (χ0v) is 61.3. The summed E-state index contributed by atoms with van der Waals surface area (Å²) in [7, 11) is -9.92. The predicted molar refractivity (Wildman–Crippen MR) is 372 cm³/mol. The quantitative estimate of drug-likeness (QED) is 0.0169. The largest absolute Gasteiger partial charge is 0.472 e. The molecule has 0 saturated carbocycles. The van der Waals surface area contributed by atoms with Gasteiger partial charge in [-0.05, 0) is 69.1 Å². The van der Waals surface area contributed by atoms with E-state index in [0.29, 0.717) is 37.5 Å². The topological polar surface area (TPSA) is 237 Å². The Bertz CT molecular complexity index is 1890. The number of aliphatic hydroxyl groups excluding tert-OH is 1. The Morgan fingerprint density at radius 1 is 0.337 bits per heavy atom. The fourth-order valence-electron chi connectivity index (χ4n) is 10.5. The summed E-state index contributed by atoms with van der Waals surface area (Å²) in [4.78, 5) is 72.6. The molecule has 0 aliphatic rings. The highest BCUT2D eigenvalue weighted by atomic mass is 31.2. The fourth-order valence-corrected chi connectivity index (χ4v) is 12.1. The van der Waals surface area contributed by atoms with Crippen LogP contribution in [0, 0.1) is 17.8 Å². The van der Waals surface area contributed by atoms with Gasteiger partial charge in [-0.25, -0.2) is 9.13 Å². The average Bonchev–Trinajstić information content (AvgIpc) is 2.95. The number of hydrogen-bond donors (Lipinski definition) is 3. The molecule has 2 unspecified atom stereocenters. The number of esters is 4. The van der Waals surface area contributed by atoms with Crippen LogP contribution >= 0.6 is 15.6 Å². The molecular weight excluding hydrogens is 1210 g/mol. The number of carbonyl (C=O) groups excluding carboxylic acids is 4. The van der Waals surface area contributed by atoms with Crippen molar-refractivity contribution in [3.8, 4) is 0 Å². The highest BCUT2D eigenvalue weighted by Crippen LogP contribution is 2.45. The van der Waals surface area contributed by atoms with E-state index in [1.165, 1.54) is 128 Å². The van der Waals surface area contributed by atoms with Gasteiger partial charge in [0.25, 0.3) is 0 Å². The second-order valence-corrected chi connectivity index (χ2v) is 30.0. The summed E-state index contributed by atoms with van der Waals surface area (Å²) in [5, 5.41) is 10.6.